The minimum atomic E-state index is -0.241. The molecule has 0 aromatic carbocycles. The van der Waals surface area contributed by atoms with Crippen molar-refractivity contribution in [2.75, 3.05) is 26.3 Å². The van der Waals surface area contributed by atoms with Gasteiger partial charge in [-0.1, -0.05) is 20.3 Å². The molecule has 2 aliphatic rings. The van der Waals surface area contributed by atoms with Crippen LogP contribution in [0.1, 0.15) is 33.1 Å². The van der Waals surface area contributed by atoms with Gasteiger partial charge in [-0.05, 0) is 5.92 Å². The molecular weight excluding hydrogens is 190 g/mol. The van der Waals surface area contributed by atoms with Crippen molar-refractivity contribution < 1.29 is 9.47 Å². The number of rotatable bonds is 2. The first-order valence-electron chi connectivity index (χ1n) is 6.24. The van der Waals surface area contributed by atoms with Crippen LogP contribution in [0.3, 0.4) is 0 Å². The molecule has 2 heterocycles. The van der Waals surface area contributed by atoms with E-state index in [-0.39, 0.29) is 5.79 Å². The van der Waals surface area contributed by atoms with E-state index in [0.717, 1.165) is 39.1 Å². The Balaban J connectivity index is 1.85. The summed E-state index contributed by atoms with van der Waals surface area (Å²) < 4.78 is 12.0. The zero-order chi connectivity index (χ0) is 10.7. The number of nitrogens with one attached hydrogen (secondary N) is 1. The number of piperidine rings is 1. The fourth-order valence-electron chi connectivity index (χ4n) is 2.37. The molecule has 0 saturated carbocycles. The van der Waals surface area contributed by atoms with Crippen LogP contribution in [0.5, 0.6) is 0 Å². The summed E-state index contributed by atoms with van der Waals surface area (Å²) in [4.78, 5) is 0. The average molecular weight is 213 g/mol. The molecular formula is C12H23NO2. The largest absolute Gasteiger partial charge is 0.349 e. The molecule has 3 nitrogen and oxygen atoms in total. The highest BCUT2D eigenvalue weighted by atomic mass is 16.7. The van der Waals surface area contributed by atoms with E-state index in [2.05, 4.69) is 19.2 Å². The molecule has 0 radical (unpaired) electrons. The molecule has 2 fully saturated rings. The third-order valence-electron chi connectivity index (χ3n) is 3.93. The van der Waals surface area contributed by atoms with E-state index in [1.54, 1.807) is 0 Å². The van der Waals surface area contributed by atoms with Gasteiger partial charge in [0, 0.05) is 31.8 Å². The van der Waals surface area contributed by atoms with E-state index in [0.29, 0.717) is 11.8 Å². The predicted molar refractivity (Wildman–Crippen MR) is 59.7 cm³/mol. The molecule has 1 spiro atoms. The summed E-state index contributed by atoms with van der Waals surface area (Å²) in [7, 11) is 0. The minimum absolute atomic E-state index is 0.241. The van der Waals surface area contributed by atoms with Gasteiger partial charge in [-0.25, -0.2) is 0 Å². The first-order chi connectivity index (χ1) is 7.26. The average Bonchev–Trinajstić information content (AvgIpc) is 2.30. The molecule has 3 heteroatoms. The van der Waals surface area contributed by atoms with Crippen molar-refractivity contribution in [3.8, 4) is 0 Å². The molecule has 0 amide bonds. The summed E-state index contributed by atoms with van der Waals surface area (Å²) in [6.07, 6.45) is 3.21. The fraction of sp³-hybridized carbons (Fsp3) is 1.00. The Kier molecular flexibility index (Phi) is 3.65. The van der Waals surface area contributed by atoms with Crippen LogP contribution >= 0.6 is 0 Å². The van der Waals surface area contributed by atoms with Gasteiger partial charge in [0.2, 0.25) is 0 Å². The maximum atomic E-state index is 5.98. The van der Waals surface area contributed by atoms with Crippen molar-refractivity contribution >= 4 is 0 Å². The lowest BCUT2D eigenvalue weighted by atomic mass is 9.91. The molecule has 0 bridgehead atoms. The monoisotopic (exact) mass is 213 g/mol. The lowest BCUT2D eigenvalue weighted by Gasteiger charge is -2.43. The quantitative estimate of drug-likeness (QED) is 0.758. The first kappa shape index (κ1) is 11.4. The van der Waals surface area contributed by atoms with Crippen molar-refractivity contribution in [2.24, 2.45) is 11.8 Å². The molecule has 88 valence electrons. The van der Waals surface area contributed by atoms with Gasteiger partial charge in [0.15, 0.2) is 5.79 Å². The first-order valence-corrected chi connectivity index (χ1v) is 6.24. The van der Waals surface area contributed by atoms with Crippen LogP contribution in [-0.4, -0.2) is 32.1 Å². The molecule has 2 aliphatic heterocycles. The summed E-state index contributed by atoms with van der Waals surface area (Å²) in [6.45, 7) is 8.34. The smallest absolute Gasteiger partial charge is 0.170 e. The summed E-state index contributed by atoms with van der Waals surface area (Å²) in [5.74, 6) is 1.06. The van der Waals surface area contributed by atoms with E-state index in [4.69, 9.17) is 9.47 Å². The van der Waals surface area contributed by atoms with Crippen molar-refractivity contribution in [3.05, 3.63) is 0 Å². The van der Waals surface area contributed by atoms with Gasteiger partial charge in [-0.15, -0.1) is 0 Å². The Morgan fingerprint density at radius 3 is 2.40 bits per heavy atom. The maximum absolute atomic E-state index is 5.98. The molecule has 1 unspecified atom stereocenters. The lowest BCUT2D eigenvalue weighted by Crippen LogP contribution is -2.51. The van der Waals surface area contributed by atoms with Crippen LogP contribution in [0, 0.1) is 11.8 Å². The zero-order valence-electron chi connectivity index (χ0n) is 9.92. The Labute approximate surface area is 92.5 Å². The van der Waals surface area contributed by atoms with Gasteiger partial charge in [-0.2, -0.15) is 0 Å². The summed E-state index contributed by atoms with van der Waals surface area (Å²) in [6, 6.07) is 0. The highest BCUT2D eigenvalue weighted by Crippen LogP contribution is 2.32. The third-order valence-corrected chi connectivity index (χ3v) is 3.93. The predicted octanol–water partition coefficient (Wildman–Crippen LogP) is 1.78. The lowest BCUT2D eigenvalue weighted by molar-refractivity contribution is -0.296. The maximum Gasteiger partial charge on any atom is 0.170 e. The van der Waals surface area contributed by atoms with Gasteiger partial charge in [0.25, 0.3) is 0 Å². The zero-order valence-corrected chi connectivity index (χ0v) is 9.92. The third kappa shape index (κ3) is 2.52. The van der Waals surface area contributed by atoms with Gasteiger partial charge in [-0.3, -0.25) is 0 Å². The summed E-state index contributed by atoms with van der Waals surface area (Å²) in [5.41, 5.74) is 0. The highest BCUT2D eigenvalue weighted by molar-refractivity contribution is 4.82. The molecule has 1 atom stereocenters. The second-order valence-electron chi connectivity index (χ2n) is 4.93. The molecule has 15 heavy (non-hydrogen) atoms. The van der Waals surface area contributed by atoms with E-state index >= 15 is 0 Å². The molecule has 0 aromatic rings. The van der Waals surface area contributed by atoms with Crippen molar-refractivity contribution in [2.45, 2.75) is 38.9 Å². The molecule has 2 rings (SSSR count). The van der Waals surface area contributed by atoms with Crippen LogP contribution in [0.25, 0.3) is 0 Å². The SMILES string of the molecule is CCC(C)C1COC2(CCNCC2)OC1. The minimum Gasteiger partial charge on any atom is -0.349 e. The highest BCUT2D eigenvalue weighted by Gasteiger charge is 2.39. The van der Waals surface area contributed by atoms with E-state index in [1.807, 2.05) is 0 Å². The van der Waals surface area contributed by atoms with Gasteiger partial charge in [0.1, 0.15) is 0 Å². The number of hydrogen-bond acceptors (Lipinski definition) is 3. The van der Waals surface area contributed by atoms with Crippen molar-refractivity contribution in [1.29, 1.82) is 0 Å². The molecule has 1 N–H and O–H groups in total. The Morgan fingerprint density at radius 1 is 1.27 bits per heavy atom. The standard InChI is InChI=1S/C12H23NO2/c1-3-10(2)11-8-14-12(15-9-11)4-6-13-7-5-12/h10-11,13H,3-9H2,1-2H3. The van der Waals surface area contributed by atoms with E-state index in [1.165, 1.54) is 6.42 Å². The Morgan fingerprint density at radius 2 is 1.87 bits per heavy atom. The van der Waals surface area contributed by atoms with Gasteiger partial charge >= 0.3 is 0 Å². The molecule has 2 saturated heterocycles. The fourth-order valence-corrected chi connectivity index (χ4v) is 2.37. The Hall–Kier alpha value is -0.120. The summed E-state index contributed by atoms with van der Waals surface area (Å²) in [5, 5.41) is 3.34. The molecule has 0 aliphatic carbocycles. The van der Waals surface area contributed by atoms with Gasteiger partial charge in [0.05, 0.1) is 13.2 Å². The Bertz CT molecular complexity index is 192. The molecule has 0 aromatic heterocycles. The van der Waals surface area contributed by atoms with Crippen molar-refractivity contribution in [3.63, 3.8) is 0 Å². The van der Waals surface area contributed by atoms with Crippen molar-refractivity contribution in [1.82, 2.24) is 5.32 Å². The van der Waals surface area contributed by atoms with Crippen LogP contribution in [0.2, 0.25) is 0 Å². The van der Waals surface area contributed by atoms with Crippen LogP contribution in [0.4, 0.5) is 0 Å². The van der Waals surface area contributed by atoms with Gasteiger partial charge < -0.3 is 14.8 Å². The van der Waals surface area contributed by atoms with Crippen LogP contribution in [0.15, 0.2) is 0 Å². The normalized spacial score (nSPS) is 29.2. The second kappa shape index (κ2) is 4.81. The van der Waals surface area contributed by atoms with E-state index < -0.39 is 0 Å². The summed E-state index contributed by atoms with van der Waals surface area (Å²) >= 11 is 0. The van der Waals surface area contributed by atoms with Crippen LogP contribution < -0.4 is 5.32 Å². The number of hydrogen-bond donors (Lipinski definition) is 1. The van der Waals surface area contributed by atoms with E-state index in [9.17, 15) is 0 Å². The van der Waals surface area contributed by atoms with Crippen LogP contribution in [-0.2, 0) is 9.47 Å². The second-order valence-corrected chi connectivity index (χ2v) is 4.93. The topological polar surface area (TPSA) is 30.5 Å². The number of ether oxygens (including phenoxy) is 2.